The maximum Gasteiger partial charge on any atom is 0.230 e. The van der Waals surface area contributed by atoms with Crippen LogP contribution in [0.4, 0.5) is 5.82 Å². The van der Waals surface area contributed by atoms with E-state index in [2.05, 4.69) is 41.5 Å². The van der Waals surface area contributed by atoms with Gasteiger partial charge in [-0.1, -0.05) is 38.1 Å². The van der Waals surface area contributed by atoms with Gasteiger partial charge in [0.25, 0.3) is 0 Å². The zero-order valence-corrected chi connectivity index (χ0v) is 18.7. The van der Waals surface area contributed by atoms with Gasteiger partial charge in [-0.15, -0.1) is 0 Å². The van der Waals surface area contributed by atoms with E-state index in [4.69, 9.17) is 9.47 Å². The van der Waals surface area contributed by atoms with E-state index in [9.17, 15) is 4.79 Å². The number of rotatable bonds is 7. The number of ether oxygens (including phenoxy) is 2. The van der Waals surface area contributed by atoms with Crippen molar-refractivity contribution in [2.24, 2.45) is 0 Å². The average Bonchev–Trinajstić information content (AvgIpc) is 3.20. The quantitative estimate of drug-likeness (QED) is 0.404. The Morgan fingerprint density at radius 1 is 1.03 bits per heavy atom. The van der Waals surface area contributed by atoms with Crippen LogP contribution in [0.15, 0.2) is 60.7 Å². The summed E-state index contributed by atoms with van der Waals surface area (Å²) < 4.78 is 10.8. The normalized spacial score (nSPS) is 11.0. The lowest BCUT2D eigenvalue weighted by atomic mass is 9.96. The number of fused-ring (bicyclic) bond motifs is 1. The molecule has 0 fully saturated rings. The Morgan fingerprint density at radius 3 is 2.62 bits per heavy atom. The molecule has 0 saturated carbocycles. The molecule has 4 aromatic rings. The van der Waals surface area contributed by atoms with Crippen molar-refractivity contribution < 1.29 is 14.3 Å². The number of aromatic amines is 1. The van der Waals surface area contributed by atoms with Gasteiger partial charge >= 0.3 is 0 Å². The molecule has 6 heteroatoms. The smallest absolute Gasteiger partial charge is 0.230 e. The number of hydrogen-bond donors (Lipinski definition) is 2. The number of benzene rings is 3. The van der Waals surface area contributed by atoms with Crippen LogP contribution in [0.1, 0.15) is 30.9 Å². The van der Waals surface area contributed by atoms with Crippen LogP contribution in [0.25, 0.3) is 22.0 Å². The molecule has 0 unspecified atom stereocenters. The fraction of sp³-hybridized carbons (Fsp3) is 0.231. The number of nitrogens with one attached hydrogen (secondary N) is 2. The van der Waals surface area contributed by atoms with Crippen LogP contribution in [0.2, 0.25) is 0 Å². The summed E-state index contributed by atoms with van der Waals surface area (Å²) in [5.41, 5.74) is 5.02. The molecule has 0 aliphatic carbocycles. The Hall–Kier alpha value is -3.80. The molecule has 0 bridgehead atoms. The van der Waals surface area contributed by atoms with Crippen LogP contribution in [-0.4, -0.2) is 30.3 Å². The number of nitrogens with zero attached hydrogens (tertiary/aromatic N) is 1. The molecule has 164 valence electrons. The van der Waals surface area contributed by atoms with Gasteiger partial charge in [0.2, 0.25) is 5.91 Å². The van der Waals surface area contributed by atoms with Gasteiger partial charge in [-0.3, -0.25) is 9.89 Å². The van der Waals surface area contributed by atoms with E-state index in [1.807, 2.05) is 48.5 Å². The molecule has 0 saturated heterocycles. The topological polar surface area (TPSA) is 76.2 Å². The third-order valence-electron chi connectivity index (χ3n) is 5.52. The van der Waals surface area contributed by atoms with Crippen molar-refractivity contribution >= 4 is 22.6 Å². The number of aromatic nitrogens is 2. The van der Waals surface area contributed by atoms with E-state index in [1.54, 1.807) is 14.2 Å². The zero-order valence-electron chi connectivity index (χ0n) is 18.7. The predicted molar refractivity (Wildman–Crippen MR) is 127 cm³/mol. The molecule has 0 aliphatic rings. The molecule has 1 aromatic heterocycles. The minimum Gasteiger partial charge on any atom is -0.497 e. The van der Waals surface area contributed by atoms with Crippen LogP contribution < -0.4 is 14.8 Å². The minimum absolute atomic E-state index is 0.137. The van der Waals surface area contributed by atoms with E-state index in [1.165, 1.54) is 5.56 Å². The lowest BCUT2D eigenvalue weighted by Crippen LogP contribution is -2.14. The Bertz CT molecular complexity index is 1260. The van der Waals surface area contributed by atoms with Gasteiger partial charge in [0, 0.05) is 10.9 Å². The largest absolute Gasteiger partial charge is 0.497 e. The highest BCUT2D eigenvalue weighted by atomic mass is 16.5. The first kappa shape index (κ1) is 21.4. The molecular formula is C26H27N3O3. The molecular weight excluding hydrogens is 402 g/mol. The maximum atomic E-state index is 12.6. The van der Waals surface area contributed by atoms with E-state index in [0.29, 0.717) is 11.7 Å². The number of anilines is 1. The van der Waals surface area contributed by atoms with Gasteiger partial charge in [0.1, 0.15) is 11.5 Å². The molecule has 4 rings (SSSR count). The van der Waals surface area contributed by atoms with Crippen LogP contribution in [-0.2, 0) is 11.2 Å². The van der Waals surface area contributed by atoms with Gasteiger partial charge in [-0.2, -0.15) is 5.10 Å². The van der Waals surface area contributed by atoms with Gasteiger partial charge in [0.05, 0.1) is 26.2 Å². The third-order valence-corrected chi connectivity index (χ3v) is 5.52. The lowest BCUT2D eigenvalue weighted by Gasteiger charge is -2.13. The summed E-state index contributed by atoms with van der Waals surface area (Å²) in [7, 11) is 3.29. The SMILES string of the molecule is COc1cccc(CC(=O)Nc2n[nH]c3cc(-c4cc(C(C)C)ccc4OC)ccc23)c1. The highest BCUT2D eigenvalue weighted by Gasteiger charge is 2.14. The number of amides is 1. The molecule has 0 spiro atoms. The van der Waals surface area contributed by atoms with Crippen molar-refractivity contribution in [3.63, 3.8) is 0 Å². The predicted octanol–water partition coefficient (Wildman–Crippen LogP) is 5.55. The summed E-state index contributed by atoms with van der Waals surface area (Å²) >= 11 is 0. The Balaban J connectivity index is 1.58. The van der Waals surface area contributed by atoms with Crippen molar-refractivity contribution in [1.82, 2.24) is 10.2 Å². The summed E-state index contributed by atoms with van der Waals surface area (Å²) in [6.45, 7) is 4.34. The lowest BCUT2D eigenvalue weighted by molar-refractivity contribution is -0.115. The minimum atomic E-state index is -0.137. The second-order valence-corrected chi connectivity index (χ2v) is 8.02. The Kier molecular flexibility index (Phi) is 6.12. The first-order valence-corrected chi connectivity index (χ1v) is 10.6. The second kappa shape index (κ2) is 9.14. The molecule has 32 heavy (non-hydrogen) atoms. The Morgan fingerprint density at radius 2 is 1.88 bits per heavy atom. The van der Waals surface area contributed by atoms with Crippen LogP contribution >= 0.6 is 0 Å². The standard InChI is InChI=1S/C26H27N3O3/c1-16(2)18-9-11-24(32-4)22(14-18)19-8-10-21-23(15-19)28-29-26(21)27-25(30)13-17-6-5-7-20(12-17)31-3/h5-12,14-16H,13H2,1-4H3,(H2,27,28,29,30). The number of methoxy groups -OCH3 is 2. The first-order chi connectivity index (χ1) is 15.5. The average molecular weight is 430 g/mol. The number of hydrogen-bond acceptors (Lipinski definition) is 4. The summed E-state index contributed by atoms with van der Waals surface area (Å²) in [5.74, 6) is 2.34. The van der Waals surface area contributed by atoms with E-state index in [-0.39, 0.29) is 12.3 Å². The van der Waals surface area contributed by atoms with Crippen molar-refractivity contribution in [3.8, 4) is 22.6 Å². The van der Waals surface area contributed by atoms with Crippen LogP contribution in [0.5, 0.6) is 11.5 Å². The monoisotopic (exact) mass is 429 g/mol. The fourth-order valence-corrected chi connectivity index (χ4v) is 3.74. The second-order valence-electron chi connectivity index (χ2n) is 8.02. The Labute approximate surface area is 187 Å². The third kappa shape index (κ3) is 4.44. The number of carbonyl (C=O) groups excluding carboxylic acids is 1. The molecule has 0 aliphatic heterocycles. The van der Waals surface area contributed by atoms with Gasteiger partial charge in [-0.25, -0.2) is 0 Å². The maximum absolute atomic E-state index is 12.6. The van der Waals surface area contributed by atoms with Crippen LogP contribution in [0.3, 0.4) is 0 Å². The van der Waals surface area contributed by atoms with Crippen LogP contribution in [0, 0.1) is 0 Å². The summed E-state index contributed by atoms with van der Waals surface area (Å²) in [6, 6.07) is 19.8. The molecule has 0 radical (unpaired) electrons. The molecule has 2 N–H and O–H groups in total. The zero-order chi connectivity index (χ0) is 22.7. The molecule has 6 nitrogen and oxygen atoms in total. The highest BCUT2D eigenvalue weighted by molar-refractivity contribution is 6.01. The summed E-state index contributed by atoms with van der Waals surface area (Å²) in [4.78, 5) is 12.6. The van der Waals surface area contributed by atoms with Gasteiger partial charge in [0.15, 0.2) is 5.82 Å². The van der Waals surface area contributed by atoms with E-state index >= 15 is 0 Å². The van der Waals surface area contributed by atoms with E-state index < -0.39 is 0 Å². The number of carbonyl (C=O) groups is 1. The summed E-state index contributed by atoms with van der Waals surface area (Å²) in [5, 5.41) is 11.1. The summed E-state index contributed by atoms with van der Waals surface area (Å²) in [6.07, 6.45) is 0.239. The van der Waals surface area contributed by atoms with Crippen molar-refractivity contribution in [3.05, 3.63) is 71.8 Å². The van der Waals surface area contributed by atoms with E-state index in [0.717, 1.165) is 39.1 Å². The van der Waals surface area contributed by atoms with Gasteiger partial charge in [-0.05, 0) is 59.0 Å². The number of H-pyrrole nitrogens is 1. The molecule has 0 atom stereocenters. The fourth-order valence-electron chi connectivity index (χ4n) is 3.74. The molecule has 1 amide bonds. The first-order valence-electron chi connectivity index (χ1n) is 10.6. The van der Waals surface area contributed by atoms with Crippen molar-refractivity contribution in [2.45, 2.75) is 26.2 Å². The molecule has 1 heterocycles. The van der Waals surface area contributed by atoms with Gasteiger partial charge < -0.3 is 14.8 Å². The molecule has 3 aromatic carbocycles. The van der Waals surface area contributed by atoms with Crippen molar-refractivity contribution in [1.29, 1.82) is 0 Å². The van der Waals surface area contributed by atoms with Crippen molar-refractivity contribution in [2.75, 3.05) is 19.5 Å². The highest BCUT2D eigenvalue weighted by Crippen LogP contribution is 2.35.